The fourth-order valence-electron chi connectivity index (χ4n) is 2.22. The Labute approximate surface area is 125 Å². The van der Waals surface area contributed by atoms with Crippen molar-refractivity contribution in [1.82, 2.24) is 10.3 Å². The summed E-state index contributed by atoms with van der Waals surface area (Å²) in [6.45, 7) is 2.44. The summed E-state index contributed by atoms with van der Waals surface area (Å²) < 4.78 is 5.31. The highest BCUT2D eigenvalue weighted by Gasteiger charge is 2.13. The standard InChI is InChI=1S/C14H21N3O2.ClH/c15-12-1-2-13(17-10-12)9-14(18)16-6-3-11-4-7-19-8-5-11;/h1-2,10-11H,3-9,15H2,(H,16,18);1H. The molecule has 0 aromatic carbocycles. The van der Waals surface area contributed by atoms with Gasteiger partial charge in [-0.05, 0) is 37.3 Å². The highest BCUT2D eigenvalue weighted by Crippen LogP contribution is 2.17. The van der Waals surface area contributed by atoms with Gasteiger partial charge in [-0.15, -0.1) is 12.4 Å². The quantitative estimate of drug-likeness (QED) is 0.865. The number of aromatic nitrogens is 1. The van der Waals surface area contributed by atoms with E-state index >= 15 is 0 Å². The van der Waals surface area contributed by atoms with E-state index in [0.717, 1.165) is 44.7 Å². The first-order valence-electron chi connectivity index (χ1n) is 6.79. The van der Waals surface area contributed by atoms with Crippen molar-refractivity contribution in [2.24, 2.45) is 5.92 Å². The van der Waals surface area contributed by atoms with Gasteiger partial charge in [0.1, 0.15) is 0 Å². The lowest BCUT2D eigenvalue weighted by Crippen LogP contribution is -2.29. The average molecular weight is 300 g/mol. The Kier molecular flexibility index (Phi) is 7.33. The topological polar surface area (TPSA) is 77.2 Å². The van der Waals surface area contributed by atoms with Crippen LogP contribution in [0, 0.1) is 5.92 Å². The molecule has 0 unspecified atom stereocenters. The molecule has 0 atom stereocenters. The van der Waals surface area contributed by atoms with Gasteiger partial charge in [0, 0.05) is 25.5 Å². The number of ether oxygens (including phenoxy) is 1. The predicted octanol–water partition coefficient (Wildman–Crippen LogP) is 1.56. The van der Waals surface area contributed by atoms with E-state index in [1.165, 1.54) is 0 Å². The van der Waals surface area contributed by atoms with Crippen LogP contribution in [-0.4, -0.2) is 30.6 Å². The summed E-state index contributed by atoms with van der Waals surface area (Å²) in [5, 5.41) is 2.94. The van der Waals surface area contributed by atoms with E-state index in [0.29, 0.717) is 18.0 Å². The lowest BCUT2D eigenvalue weighted by Gasteiger charge is -2.21. The van der Waals surface area contributed by atoms with Crippen LogP contribution in [0.15, 0.2) is 18.3 Å². The summed E-state index contributed by atoms with van der Waals surface area (Å²) in [6, 6.07) is 3.55. The SMILES string of the molecule is Cl.Nc1ccc(CC(=O)NCCC2CCOCC2)nc1. The number of hydrogen-bond acceptors (Lipinski definition) is 4. The number of rotatable bonds is 5. The second-order valence-electron chi connectivity index (χ2n) is 4.95. The van der Waals surface area contributed by atoms with Gasteiger partial charge in [0.15, 0.2) is 0 Å². The first-order chi connectivity index (χ1) is 9.24. The number of carbonyl (C=O) groups excluding carboxylic acids is 1. The molecular weight excluding hydrogens is 278 g/mol. The second kappa shape index (κ2) is 8.76. The monoisotopic (exact) mass is 299 g/mol. The lowest BCUT2D eigenvalue weighted by molar-refractivity contribution is -0.120. The van der Waals surface area contributed by atoms with E-state index < -0.39 is 0 Å². The largest absolute Gasteiger partial charge is 0.397 e. The Morgan fingerprint density at radius 2 is 2.15 bits per heavy atom. The van der Waals surface area contributed by atoms with E-state index in [9.17, 15) is 4.79 Å². The normalized spacial score (nSPS) is 15.4. The van der Waals surface area contributed by atoms with E-state index in [2.05, 4.69) is 10.3 Å². The van der Waals surface area contributed by atoms with Gasteiger partial charge in [-0.2, -0.15) is 0 Å². The van der Waals surface area contributed by atoms with Crippen LogP contribution in [0.3, 0.4) is 0 Å². The number of hydrogen-bond donors (Lipinski definition) is 2. The maximum atomic E-state index is 11.7. The van der Waals surface area contributed by atoms with Crippen molar-refractivity contribution in [3.05, 3.63) is 24.0 Å². The molecule has 1 saturated heterocycles. The van der Waals surface area contributed by atoms with Crippen molar-refractivity contribution in [3.8, 4) is 0 Å². The van der Waals surface area contributed by atoms with E-state index in [1.54, 1.807) is 18.3 Å². The van der Waals surface area contributed by atoms with Crippen LogP contribution in [0.2, 0.25) is 0 Å². The molecule has 1 aromatic heterocycles. The van der Waals surface area contributed by atoms with Crippen LogP contribution in [-0.2, 0) is 16.0 Å². The van der Waals surface area contributed by atoms with Gasteiger partial charge in [0.05, 0.1) is 18.3 Å². The zero-order chi connectivity index (χ0) is 13.5. The Bertz CT molecular complexity index is 405. The Morgan fingerprint density at radius 3 is 2.80 bits per heavy atom. The van der Waals surface area contributed by atoms with Crippen molar-refractivity contribution in [3.63, 3.8) is 0 Å². The fourth-order valence-corrected chi connectivity index (χ4v) is 2.22. The van der Waals surface area contributed by atoms with Gasteiger partial charge in [0.25, 0.3) is 0 Å². The molecule has 0 radical (unpaired) electrons. The van der Waals surface area contributed by atoms with Gasteiger partial charge in [-0.25, -0.2) is 0 Å². The minimum Gasteiger partial charge on any atom is -0.397 e. The average Bonchev–Trinajstić information content (AvgIpc) is 2.43. The van der Waals surface area contributed by atoms with Crippen LogP contribution in [0.25, 0.3) is 0 Å². The highest BCUT2D eigenvalue weighted by molar-refractivity contribution is 5.85. The molecule has 0 spiro atoms. The minimum absolute atomic E-state index is 0. The number of carbonyl (C=O) groups is 1. The third kappa shape index (κ3) is 5.75. The summed E-state index contributed by atoms with van der Waals surface area (Å²) in [6.07, 6.45) is 5.13. The van der Waals surface area contributed by atoms with E-state index in [-0.39, 0.29) is 18.3 Å². The number of nitrogens with two attached hydrogens (primary N) is 1. The van der Waals surface area contributed by atoms with Crippen LogP contribution in [0.1, 0.15) is 25.0 Å². The van der Waals surface area contributed by atoms with Gasteiger partial charge in [0.2, 0.25) is 5.91 Å². The van der Waals surface area contributed by atoms with Crippen LogP contribution >= 0.6 is 12.4 Å². The van der Waals surface area contributed by atoms with Crippen molar-refractivity contribution in [2.45, 2.75) is 25.7 Å². The molecule has 1 aliphatic rings. The smallest absolute Gasteiger partial charge is 0.226 e. The molecular formula is C14H22ClN3O2. The van der Waals surface area contributed by atoms with Crippen molar-refractivity contribution < 1.29 is 9.53 Å². The number of amides is 1. The number of nitrogens with zero attached hydrogens (tertiary/aromatic N) is 1. The third-order valence-corrected chi connectivity index (χ3v) is 3.40. The summed E-state index contributed by atoms with van der Waals surface area (Å²) >= 11 is 0. The number of nitrogen functional groups attached to an aromatic ring is 1. The Hall–Kier alpha value is -1.33. The summed E-state index contributed by atoms with van der Waals surface area (Å²) in [4.78, 5) is 15.8. The predicted molar refractivity (Wildman–Crippen MR) is 80.8 cm³/mol. The van der Waals surface area contributed by atoms with Gasteiger partial charge < -0.3 is 15.8 Å². The maximum Gasteiger partial charge on any atom is 0.226 e. The molecule has 1 fully saturated rings. The number of nitrogens with one attached hydrogen (secondary N) is 1. The molecule has 5 nitrogen and oxygen atoms in total. The van der Waals surface area contributed by atoms with E-state index in [4.69, 9.17) is 10.5 Å². The third-order valence-electron chi connectivity index (χ3n) is 3.40. The van der Waals surface area contributed by atoms with Crippen LogP contribution < -0.4 is 11.1 Å². The Balaban J connectivity index is 0.00000200. The lowest BCUT2D eigenvalue weighted by atomic mass is 9.97. The maximum absolute atomic E-state index is 11.7. The molecule has 2 heterocycles. The van der Waals surface area contributed by atoms with Crippen molar-refractivity contribution >= 4 is 24.0 Å². The molecule has 6 heteroatoms. The number of halogens is 1. The summed E-state index contributed by atoms with van der Waals surface area (Å²) in [7, 11) is 0. The molecule has 112 valence electrons. The van der Waals surface area contributed by atoms with Crippen LogP contribution in [0.5, 0.6) is 0 Å². The van der Waals surface area contributed by atoms with Gasteiger partial charge in [-0.1, -0.05) is 0 Å². The molecule has 1 aliphatic heterocycles. The van der Waals surface area contributed by atoms with Crippen molar-refractivity contribution in [2.75, 3.05) is 25.5 Å². The Morgan fingerprint density at radius 1 is 1.40 bits per heavy atom. The zero-order valence-electron chi connectivity index (χ0n) is 11.5. The first kappa shape index (κ1) is 16.7. The van der Waals surface area contributed by atoms with E-state index in [1.807, 2.05) is 0 Å². The summed E-state index contributed by atoms with van der Waals surface area (Å²) in [5.41, 5.74) is 6.91. The molecule has 1 aromatic rings. The summed E-state index contributed by atoms with van der Waals surface area (Å²) in [5.74, 6) is 0.702. The van der Waals surface area contributed by atoms with Gasteiger partial charge in [-0.3, -0.25) is 9.78 Å². The first-order valence-corrected chi connectivity index (χ1v) is 6.79. The number of pyridine rings is 1. The zero-order valence-corrected chi connectivity index (χ0v) is 12.3. The molecule has 0 bridgehead atoms. The fraction of sp³-hybridized carbons (Fsp3) is 0.571. The molecule has 2 rings (SSSR count). The molecule has 20 heavy (non-hydrogen) atoms. The second-order valence-corrected chi connectivity index (χ2v) is 4.95. The van der Waals surface area contributed by atoms with Gasteiger partial charge >= 0.3 is 0 Å². The molecule has 0 saturated carbocycles. The van der Waals surface area contributed by atoms with Crippen LogP contribution in [0.4, 0.5) is 5.69 Å². The molecule has 1 amide bonds. The number of anilines is 1. The highest BCUT2D eigenvalue weighted by atomic mass is 35.5. The molecule has 0 aliphatic carbocycles. The van der Waals surface area contributed by atoms with Crippen molar-refractivity contribution in [1.29, 1.82) is 0 Å². The minimum atomic E-state index is 0. The molecule has 3 N–H and O–H groups in total.